The van der Waals surface area contributed by atoms with E-state index in [0.29, 0.717) is 12.8 Å². The fourth-order valence-corrected chi connectivity index (χ4v) is 7.97. The van der Waals surface area contributed by atoms with E-state index in [0.717, 1.165) is 5.56 Å². The van der Waals surface area contributed by atoms with Gasteiger partial charge in [-0.15, -0.1) is 0 Å². The first-order chi connectivity index (χ1) is 18.0. The predicted molar refractivity (Wildman–Crippen MR) is 123 cm³/mol. The van der Waals surface area contributed by atoms with Crippen molar-refractivity contribution >= 4 is 11.9 Å². The number of hydrogen-bond donors (Lipinski definition) is 5. The number of esters is 2. The Balaban J connectivity index is 1.40. The largest absolute Gasteiger partial charge is 0.472 e. The molecular weight excluding hydrogens is 504 g/mol. The molecule has 5 N–H and O–H groups in total. The van der Waals surface area contributed by atoms with E-state index in [1.54, 1.807) is 13.0 Å². The van der Waals surface area contributed by atoms with Crippen molar-refractivity contribution in [3.8, 4) is 0 Å². The zero-order chi connectivity index (χ0) is 27.2. The number of hydrogen-bond acceptors (Lipinski definition) is 12. The number of carbonyl (C=O) groups is 2. The van der Waals surface area contributed by atoms with Gasteiger partial charge >= 0.3 is 11.9 Å². The van der Waals surface area contributed by atoms with Crippen LogP contribution < -0.4 is 0 Å². The standard InChI is InChI=1S/C26H34O12/c1-24-8-17-25(2)12(13(24)7-14(36-22(24)32)11-5-6-34-10-11)3-4-16(28)26(25,23(33)37-17)38-21-20(31)19(30)18(29)15(9-27)35-21/h5-6,10,12-21,27-31H,3-4,7-9H2,1-2H3/t12-,13-,14+,15-,16+,17-,18-,19-,20-,21+,24-,25+,26+/m1/s1. The molecule has 38 heavy (non-hydrogen) atoms. The summed E-state index contributed by atoms with van der Waals surface area (Å²) in [6, 6.07) is 1.74. The number of ether oxygens (including phenoxy) is 4. The summed E-state index contributed by atoms with van der Waals surface area (Å²) in [5, 5.41) is 52.2. The van der Waals surface area contributed by atoms with Crippen molar-refractivity contribution in [2.24, 2.45) is 22.7 Å². The lowest BCUT2D eigenvalue weighted by molar-refractivity contribution is -0.354. The first-order valence-corrected chi connectivity index (χ1v) is 13.1. The van der Waals surface area contributed by atoms with E-state index < -0.39 is 84.0 Å². The van der Waals surface area contributed by atoms with Crippen molar-refractivity contribution in [3.05, 3.63) is 24.2 Å². The minimum Gasteiger partial charge on any atom is -0.472 e. The van der Waals surface area contributed by atoms with E-state index in [9.17, 15) is 35.1 Å². The summed E-state index contributed by atoms with van der Waals surface area (Å²) >= 11 is 0. The van der Waals surface area contributed by atoms with Gasteiger partial charge in [-0.05, 0) is 44.1 Å². The number of fused-ring (bicyclic) bond motifs is 2. The van der Waals surface area contributed by atoms with Gasteiger partial charge in [0.1, 0.15) is 36.6 Å². The second kappa shape index (κ2) is 8.72. The van der Waals surface area contributed by atoms with Gasteiger partial charge in [0.05, 0.1) is 36.1 Å². The average Bonchev–Trinajstić information content (AvgIpc) is 3.49. The highest BCUT2D eigenvalue weighted by molar-refractivity contribution is 5.86. The maximum absolute atomic E-state index is 13.7. The molecule has 4 heterocycles. The molecule has 210 valence electrons. The lowest BCUT2D eigenvalue weighted by Crippen LogP contribution is -2.72. The van der Waals surface area contributed by atoms with Crippen LogP contribution in [0.4, 0.5) is 0 Å². The fraction of sp³-hybridized carbons (Fsp3) is 0.769. The van der Waals surface area contributed by atoms with Crippen molar-refractivity contribution < 1.29 is 58.5 Å². The van der Waals surface area contributed by atoms with E-state index in [1.807, 2.05) is 6.92 Å². The van der Waals surface area contributed by atoms with Gasteiger partial charge in [-0.3, -0.25) is 4.79 Å². The SMILES string of the molecule is C[C@@]12[C@@H]3CC[C@H](O)[C@]1(O[C@@H]1O[C@H](CO)[C@@H](O)[C@@H](O)[C@H]1O)C(=O)O[C@@H]2C[C@@]1(C)C(=O)O[C@H](c2ccoc2)C[C@H]31. The Bertz CT molecular complexity index is 1090. The summed E-state index contributed by atoms with van der Waals surface area (Å²) in [4.78, 5) is 27.1. The maximum atomic E-state index is 13.7. The molecule has 2 aliphatic carbocycles. The highest BCUT2D eigenvalue weighted by Gasteiger charge is 2.79. The number of carbonyl (C=O) groups excluding carboxylic acids is 2. The molecule has 0 radical (unpaired) electrons. The molecule has 5 aliphatic rings. The van der Waals surface area contributed by atoms with Gasteiger partial charge in [0.15, 0.2) is 6.29 Å². The Hall–Kier alpha value is -2.06. The molecule has 5 fully saturated rings. The number of furan rings is 1. The summed E-state index contributed by atoms with van der Waals surface area (Å²) in [5.74, 6) is -1.82. The first-order valence-electron chi connectivity index (χ1n) is 13.1. The van der Waals surface area contributed by atoms with E-state index >= 15 is 0 Å². The van der Waals surface area contributed by atoms with Crippen LogP contribution in [0.15, 0.2) is 23.0 Å². The normalized spacial score (nSPS) is 52.1. The molecule has 0 spiro atoms. The molecule has 1 aromatic heterocycles. The lowest BCUT2D eigenvalue weighted by atomic mass is 9.43. The number of rotatable bonds is 4. The molecule has 0 unspecified atom stereocenters. The number of aliphatic hydroxyl groups excluding tert-OH is 5. The van der Waals surface area contributed by atoms with Crippen LogP contribution in [0.5, 0.6) is 0 Å². The minimum atomic E-state index is -1.98. The van der Waals surface area contributed by atoms with Crippen molar-refractivity contribution in [2.45, 2.75) is 94.1 Å². The van der Waals surface area contributed by atoms with Gasteiger partial charge < -0.3 is 48.9 Å². The van der Waals surface area contributed by atoms with Gasteiger partial charge in [-0.25, -0.2) is 4.79 Å². The molecule has 0 aromatic carbocycles. The molecule has 3 aliphatic heterocycles. The van der Waals surface area contributed by atoms with Crippen LogP contribution >= 0.6 is 0 Å². The van der Waals surface area contributed by atoms with Crippen LogP contribution in [0.25, 0.3) is 0 Å². The quantitative estimate of drug-likeness (QED) is 0.312. The molecule has 12 heteroatoms. The van der Waals surface area contributed by atoms with E-state index in [1.165, 1.54) is 12.5 Å². The van der Waals surface area contributed by atoms with Gasteiger partial charge in [0.25, 0.3) is 0 Å². The smallest absolute Gasteiger partial charge is 0.342 e. The van der Waals surface area contributed by atoms with Gasteiger partial charge in [0.2, 0.25) is 5.60 Å². The van der Waals surface area contributed by atoms with Crippen molar-refractivity contribution in [1.29, 1.82) is 0 Å². The van der Waals surface area contributed by atoms with Crippen molar-refractivity contribution in [2.75, 3.05) is 6.61 Å². The third kappa shape index (κ3) is 3.22. The monoisotopic (exact) mass is 538 g/mol. The molecule has 0 amide bonds. The van der Waals surface area contributed by atoms with Gasteiger partial charge in [-0.1, -0.05) is 6.92 Å². The predicted octanol–water partition coefficient (Wildman–Crippen LogP) is -0.448. The van der Waals surface area contributed by atoms with E-state index in [-0.39, 0.29) is 24.7 Å². The Morgan fingerprint density at radius 1 is 1.00 bits per heavy atom. The van der Waals surface area contributed by atoms with Gasteiger partial charge in [0, 0.05) is 12.0 Å². The number of cyclic esters (lactones) is 1. The molecule has 13 atom stereocenters. The first kappa shape index (κ1) is 26.2. The average molecular weight is 539 g/mol. The summed E-state index contributed by atoms with van der Waals surface area (Å²) in [6.07, 6.45) is -6.39. The molecule has 12 nitrogen and oxygen atoms in total. The Morgan fingerprint density at radius 3 is 2.45 bits per heavy atom. The summed E-state index contributed by atoms with van der Waals surface area (Å²) in [5.41, 5.74) is -3.34. The third-order valence-electron chi connectivity index (χ3n) is 10.2. The van der Waals surface area contributed by atoms with Crippen molar-refractivity contribution in [3.63, 3.8) is 0 Å². The zero-order valence-electron chi connectivity index (χ0n) is 21.1. The highest BCUT2D eigenvalue weighted by Crippen LogP contribution is 2.69. The molecule has 2 saturated carbocycles. The van der Waals surface area contributed by atoms with Crippen LogP contribution in [-0.2, 0) is 28.5 Å². The maximum Gasteiger partial charge on any atom is 0.342 e. The minimum absolute atomic E-state index is 0.150. The van der Waals surface area contributed by atoms with Crippen LogP contribution in [0.2, 0.25) is 0 Å². The second-order valence-corrected chi connectivity index (χ2v) is 11.8. The molecule has 3 saturated heterocycles. The summed E-state index contributed by atoms with van der Waals surface area (Å²) < 4.78 is 28.7. The number of aliphatic hydroxyl groups is 5. The third-order valence-corrected chi connectivity index (χ3v) is 10.2. The molecule has 1 aromatic rings. The molecule has 0 bridgehead atoms. The molecular formula is C26H34O12. The van der Waals surface area contributed by atoms with Crippen LogP contribution in [-0.4, -0.2) is 92.6 Å². The summed E-state index contributed by atoms with van der Waals surface area (Å²) in [6.45, 7) is 2.94. The zero-order valence-corrected chi connectivity index (χ0v) is 21.1. The second-order valence-electron chi connectivity index (χ2n) is 11.8. The van der Waals surface area contributed by atoms with Crippen molar-refractivity contribution in [1.82, 2.24) is 0 Å². The Kier molecular flexibility index (Phi) is 6.01. The van der Waals surface area contributed by atoms with E-state index in [4.69, 9.17) is 23.4 Å². The highest BCUT2D eigenvalue weighted by atomic mass is 16.7. The van der Waals surface area contributed by atoms with Crippen LogP contribution in [0, 0.1) is 22.7 Å². The Labute approximate surface area is 218 Å². The Morgan fingerprint density at radius 2 is 1.76 bits per heavy atom. The molecule has 6 rings (SSSR count). The van der Waals surface area contributed by atoms with E-state index in [2.05, 4.69) is 0 Å². The fourth-order valence-electron chi connectivity index (χ4n) is 7.97. The topological polar surface area (TPSA) is 185 Å². The van der Waals surface area contributed by atoms with Crippen LogP contribution in [0.1, 0.15) is 51.2 Å². The van der Waals surface area contributed by atoms with Crippen LogP contribution in [0.3, 0.4) is 0 Å². The van der Waals surface area contributed by atoms with Gasteiger partial charge in [-0.2, -0.15) is 0 Å². The lowest BCUT2D eigenvalue weighted by Gasteiger charge is -2.62. The summed E-state index contributed by atoms with van der Waals surface area (Å²) in [7, 11) is 0.